The average Bonchev–Trinajstić information content (AvgIpc) is 3.69. The molecule has 1 aliphatic heterocycles. The van der Waals surface area contributed by atoms with Gasteiger partial charge >= 0.3 is 12.3 Å². The molecule has 0 spiro atoms. The van der Waals surface area contributed by atoms with Gasteiger partial charge in [0, 0.05) is 33.6 Å². The fraction of sp³-hybridized carbons (Fsp3) is 0.286. The fourth-order valence-electron chi connectivity index (χ4n) is 4.80. The lowest BCUT2D eigenvalue weighted by Crippen LogP contribution is -2.36. The van der Waals surface area contributed by atoms with Crippen molar-refractivity contribution >= 4 is 41.1 Å². The Hall–Kier alpha value is -4.92. The van der Waals surface area contributed by atoms with Gasteiger partial charge in [-0.15, -0.1) is 5.10 Å². The number of methoxy groups -OCH3 is 1. The summed E-state index contributed by atoms with van der Waals surface area (Å²) in [5, 5.41) is 19.6. The molecule has 12 nitrogen and oxygen atoms in total. The van der Waals surface area contributed by atoms with Crippen molar-refractivity contribution in [3.05, 3.63) is 71.4 Å². The summed E-state index contributed by atoms with van der Waals surface area (Å²) in [5.41, 5.74) is 2.39. The van der Waals surface area contributed by atoms with Crippen LogP contribution < -0.4 is 16.0 Å². The number of carbonyl (C=O) groups is 2. The number of alkyl halides is 3. The summed E-state index contributed by atoms with van der Waals surface area (Å²) in [5.74, 6) is -0.00834. The molecule has 2 amide bonds. The number of hydrogen-bond acceptors (Lipinski definition) is 8. The smallest absolute Gasteiger partial charge is 0.411 e. The maximum Gasteiger partial charge on any atom is 0.411 e. The Morgan fingerprint density at radius 1 is 1.16 bits per heavy atom. The molecule has 2 atom stereocenters. The quantitative estimate of drug-likeness (QED) is 0.206. The number of halogens is 4. The normalized spacial score (nSPS) is 17.1. The molecule has 16 heteroatoms. The highest BCUT2D eigenvalue weighted by atomic mass is 35.5. The second kappa shape index (κ2) is 13.2. The number of fused-ring (bicyclic) bond motifs is 4. The molecule has 2 unspecified atom stereocenters. The molecule has 4 aromatic rings. The number of hydrogen-bond donors (Lipinski definition) is 4. The van der Waals surface area contributed by atoms with E-state index in [1.165, 1.54) is 42.5 Å². The van der Waals surface area contributed by atoms with Crippen LogP contribution in [-0.2, 0) is 9.53 Å². The first-order valence-corrected chi connectivity index (χ1v) is 13.9. The second-order valence-electron chi connectivity index (χ2n) is 9.93. The number of nitrogens with zero attached hydrogens (tertiary/aromatic N) is 5. The SMILES string of the molecule is COC(=O)Nc1ccc2c(c1)NC(C(F)(F)F)CCCCC(NC(=O)C=Cc1cc(Cl)ccc1-n1cnnn1)c1ncc-2[nH]1. The van der Waals surface area contributed by atoms with Crippen molar-refractivity contribution in [1.82, 2.24) is 35.5 Å². The van der Waals surface area contributed by atoms with Crippen LogP contribution in [0.15, 0.2) is 55.0 Å². The standard InChI is InChI=1S/C28H27ClF3N9O3/c1-44-27(43)35-18-8-9-19-21(13-18)36-24(28(30,31)32)5-3-2-4-20(26-33-14-22(19)38-26)37-25(42)11-6-16-12-17(29)7-10-23(16)41-15-34-39-40-41/h6-15,20,24,36H,2-5H2,1H3,(H,33,38)(H,35,43)(H,37,42). The lowest BCUT2D eigenvalue weighted by atomic mass is 10.0. The molecule has 0 radical (unpaired) electrons. The van der Waals surface area contributed by atoms with Gasteiger partial charge in [0.15, 0.2) is 0 Å². The first-order valence-electron chi connectivity index (χ1n) is 13.5. The van der Waals surface area contributed by atoms with Crippen molar-refractivity contribution in [3.8, 4) is 16.9 Å². The summed E-state index contributed by atoms with van der Waals surface area (Å²) in [6.45, 7) is 0. The van der Waals surface area contributed by atoms with E-state index in [1.807, 2.05) is 0 Å². The third-order valence-electron chi connectivity index (χ3n) is 6.94. The number of H-pyrrole nitrogens is 1. The van der Waals surface area contributed by atoms with Crippen LogP contribution in [0, 0.1) is 0 Å². The Bertz CT molecular complexity index is 1660. The number of imidazole rings is 1. The molecule has 2 aromatic carbocycles. The fourth-order valence-corrected chi connectivity index (χ4v) is 4.98. The van der Waals surface area contributed by atoms with Crippen LogP contribution in [0.1, 0.15) is 43.1 Å². The van der Waals surface area contributed by atoms with Crippen molar-refractivity contribution in [1.29, 1.82) is 0 Å². The van der Waals surface area contributed by atoms with E-state index in [0.29, 0.717) is 46.2 Å². The predicted octanol–water partition coefficient (Wildman–Crippen LogP) is 5.67. The average molecular weight is 630 g/mol. The zero-order chi connectivity index (χ0) is 31.3. The molecule has 44 heavy (non-hydrogen) atoms. The summed E-state index contributed by atoms with van der Waals surface area (Å²) in [7, 11) is 1.18. The van der Waals surface area contributed by atoms with Gasteiger partial charge in [-0.1, -0.05) is 24.4 Å². The minimum absolute atomic E-state index is 0.139. The molecule has 2 aromatic heterocycles. The van der Waals surface area contributed by atoms with Gasteiger partial charge in [-0.25, -0.2) is 9.78 Å². The number of aromatic amines is 1. The minimum atomic E-state index is -4.54. The van der Waals surface area contributed by atoms with Crippen LogP contribution in [0.5, 0.6) is 0 Å². The topological polar surface area (TPSA) is 152 Å². The van der Waals surface area contributed by atoms with Gasteiger partial charge in [0.2, 0.25) is 5.91 Å². The number of benzene rings is 2. The van der Waals surface area contributed by atoms with Crippen LogP contribution in [0.4, 0.5) is 29.3 Å². The van der Waals surface area contributed by atoms with Crippen LogP contribution in [0.3, 0.4) is 0 Å². The number of nitrogens with one attached hydrogen (secondary N) is 4. The Kier molecular flexibility index (Phi) is 9.13. The van der Waals surface area contributed by atoms with Gasteiger partial charge in [0.25, 0.3) is 0 Å². The highest BCUT2D eigenvalue weighted by Crippen LogP contribution is 2.36. The van der Waals surface area contributed by atoms with E-state index in [-0.39, 0.29) is 24.2 Å². The van der Waals surface area contributed by atoms with E-state index in [1.54, 1.807) is 30.3 Å². The predicted molar refractivity (Wildman–Crippen MR) is 156 cm³/mol. The van der Waals surface area contributed by atoms with Gasteiger partial charge in [-0.05, 0) is 65.7 Å². The van der Waals surface area contributed by atoms with Crippen LogP contribution in [0.25, 0.3) is 23.0 Å². The molecule has 0 aliphatic carbocycles. The number of tetrazole rings is 1. The number of carbonyl (C=O) groups excluding carboxylic acids is 2. The molecule has 3 heterocycles. The van der Waals surface area contributed by atoms with Crippen LogP contribution >= 0.6 is 11.6 Å². The highest BCUT2D eigenvalue weighted by molar-refractivity contribution is 6.30. The molecule has 4 N–H and O–H groups in total. The van der Waals surface area contributed by atoms with E-state index in [9.17, 15) is 22.8 Å². The maximum absolute atomic E-state index is 14.0. The monoisotopic (exact) mass is 629 g/mol. The van der Waals surface area contributed by atoms with Crippen LogP contribution in [0.2, 0.25) is 5.02 Å². The molecule has 0 fully saturated rings. The number of rotatable bonds is 5. The molecule has 2 bridgehead atoms. The van der Waals surface area contributed by atoms with Crippen molar-refractivity contribution in [2.24, 2.45) is 0 Å². The Morgan fingerprint density at radius 2 is 1.98 bits per heavy atom. The Balaban J connectivity index is 1.42. The molecule has 230 valence electrons. The van der Waals surface area contributed by atoms with E-state index in [2.05, 4.69) is 46.2 Å². The summed E-state index contributed by atoms with van der Waals surface area (Å²) in [4.78, 5) is 32.4. The first-order chi connectivity index (χ1) is 21.1. The van der Waals surface area contributed by atoms with Gasteiger partial charge in [0.05, 0.1) is 30.7 Å². The van der Waals surface area contributed by atoms with E-state index >= 15 is 0 Å². The number of ether oxygens (including phenoxy) is 1. The Morgan fingerprint density at radius 3 is 2.73 bits per heavy atom. The van der Waals surface area contributed by atoms with Crippen molar-refractivity contribution in [2.45, 2.75) is 43.9 Å². The summed E-state index contributed by atoms with van der Waals surface area (Å²) >= 11 is 6.17. The van der Waals surface area contributed by atoms with Gasteiger partial charge in [-0.2, -0.15) is 17.9 Å². The minimum Gasteiger partial charge on any atom is -0.453 e. The molecule has 1 aliphatic rings. The van der Waals surface area contributed by atoms with Crippen molar-refractivity contribution < 1.29 is 27.5 Å². The summed E-state index contributed by atoms with van der Waals surface area (Å²) in [6.07, 6.45) is 1.25. The lowest BCUT2D eigenvalue weighted by Gasteiger charge is -2.25. The van der Waals surface area contributed by atoms with E-state index in [0.717, 1.165) is 0 Å². The van der Waals surface area contributed by atoms with E-state index in [4.69, 9.17) is 11.6 Å². The van der Waals surface area contributed by atoms with Gasteiger partial charge in [-0.3, -0.25) is 10.1 Å². The zero-order valence-electron chi connectivity index (χ0n) is 23.2. The van der Waals surface area contributed by atoms with Crippen LogP contribution in [-0.4, -0.2) is 61.5 Å². The molecular weight excluding hydrogens is 603 g/mol. The summed E-state index contributed by atoms with van der Waals surface area (Å²) < 4.78 is 48.2. The molecule has 0 saturated carbocycles. The molecule has 0 saturated heterocycles. The zero-order valence-corrected chi connectivity index (χ0v) is 24.0. The highest BCUT2D eigenvalue weighted by Gasteiger charge is 2.39. The lowest BCUT2D eigenvalue weighted by molar-refractivity contribution is -0.144. The molecular formula is C28H27ClF3N9O3. The molecule has 5 rings (SSSR count). The van der Waals surface area contributed by atoms with Crippen molar-refractivity contribution in [2.75, 3.05) is 17.7 Å². The number of aromatic nitrogens is 6. The largest absolute Gasteiger partial charge is 0.453 e. The third-order valence-corrected chi connectivity index (χ3v) is 7.18. The van der Waals surface area contributed by atoms with Crippen molar-refractivity contribution in [3.63, 3.8) is 0 Å². The van der Waals surface area contributed by atoms with Gasteiger partial charge < -0.3 is 20.4 Å². The third kappa shape index (κ3) is 7.34. The maximum atomic E-state index is 14.0. The first kappa shape index (κ1) is 30.5. The second-order valence-corrected chi connectivity index (χ2v) is 10.4. The number of amides is 2. The van der Waals surface area contributed by atoms with E-state index < -0.39 is 30.3 Å². The number of anilines is 2. The summed E-state index contributed by atoms with van der Waals surface area (Å²) in [6, 6.07) is 7.08. The van der Waals surface area contributed by atoms with Gasteiger partial charge in [0.1, 0.15) is 18.2 Å². The Labute approximate surface area is 254 Å².